The highest BCUT2D eigenvalue weighted by Gasteiger charge is 2.10. The molecule has 0 aromatic heterocycles. The van der Waals surface area contributed by atoms with Crippen LogP contribution in [0.4, 0.5) is 0 Å². The molecule has 0 saturated carbocycles. The molecule has 0 unspecified atom stereocenters. The summed E-state index contributed by atoms with van der Waals surface area (Å²) in [6.07, 6.45) is 10.3. The van der Waals surface area contributed by atoms with Gasteiger partial charge in [0, 0.05) is 25.0 Å². The van der Waals surface area contributed by atoms with Gasteiger partial charge in [0.15, 0.2) is 0 Å². The Bertz CT molecular complexity index is 1700. The van der Waals surface area contributed by atoms with Crippen molar-refractivity contribution in [2.24, 2.45) is 0 Å². The van der Waals surface area contributed by atoms with E-state index in [0.29, 0.717) is 80.7 Å². The van der Waals surface area contributed by atoms with Gasteiger partial charge in [-0.05, 0) is 139 Å². The van der Waals surface area contributed by atoms with Crippen molar-refractivity contribution in [2.75, 3.05) is 33.0 Å². The maximum atomic E-state index is 12.2. The zero-order chi connectivity index (χ0) is 42.4. The molecule has 0 atom stereocenters. The van der Waals surface area contributed by atoms with Gasteiger partial charge in [-0.3, -0.25) is 9.59 Å². The standard InChI is InChI=1S/C24H26O7.C22H32O5/c1-3-23(26)29-17-7-5-4-6-16-28-20-10-8-19(9-11-20)24(27)31-22-14-12-21(13-15-22)30-18(2)25;1-18(2)22(24)27-17-9-6-10-21(23)26-16-8-5-4-7-15-25-20-13-11-19(3)12-14-20/h3,8-15H,1,4-7,16-17H2,2H3;11-14H,1,4-10,15-17H2,2-3H3. The van der Waals surface area contributed by atoms with Crippen LogP contribution in [0.15, 0.2) is 97.6 Å². The fourth-order valence-electron chi connectivity index (χ4n) is 4.87. The van der Waals surface area contributed by atoms with Crippen LogP contribution in [-0.4, -0.2) is 62.9 Å². The number of esters is 5. The van der Waals surface area contributed by atoms with Crippen LogP contribution in [0.2, 0.25) is 0 Å². The van der Waals surface area contributed by atoms with Crippen LogP contribution in [0.5, 0.6) is 23.0 Å². The van der Waals surface area contributed by atoms with Gasteiger partial charge in [0.2, 0.25) is 0 Å². The van der Waals surface area contributed by atoms with E-state index in [0.717, 1.165) is 63.2 Å². The molecule has 0 fully saturated rings. The first-order valence-corrected chi connectivity index (χ1v) is 19.7. The average Bonchev–Trinajstić information content (AvgIpc) is 3.21. The van der Waals surface area contributed by atoms with E-state index in [1.807, 2.05) is 24.3 Å². The highest BCUT2D eigenvalue weighted by atomic mass is 16.6. The summed E-state index contributed by atoms with van der Waals surface area (Å²) in [5.74, 6) is 0.415. The maximum Gasteiger partial charge on any atom is 0.343 e. The minimum Gasteiger partial charge on any atom is -0.494 e. The molecule has 0 spiro atoms. The van der Waals surface area contributed by atoms with Gasteiger partial charge in [-0.15, -0.1) is 0 Å². The minimum absolute atomic E-state index is 0.191. The van der Waals surface area contributed by atoms with Gasteiger partial charge in [0.25, 0.3) is 0 Å². The summed E-state index contributed by atoms with van der Waals surface area (Å²) in [6.45, 7) is 14.3. The third-order valence-corrected chi connectivity index (χ3v) is 8.05. The molecule has 0 N–H and O–H groups in total. The van der Waals surface area contributed by atoms with Crippen molar-refractivity contribution < 1.29 is 57.1 Å². The molecule has 0 radical (unpaired) electrons. The van der Waals surface area contributed by atoms with Gasteiger partial charge in [-0.25, -0.2) is 14.4 Å². The topological polar surface area (TPSA) is 150 Å². The quantitative estimate of drug-likeness (QED) is 0.0250. The predicted molar refractivity (Wildman–Crippen MR) is 220 cm³/mol. The number of hydrogen-bond donors (Lipinski definition) is 0. The molecule has 0 aliphatic heterocycles. The van der Waals surface area contributed by atoms with E-state index < -0.39 is 17.9 Å². The number of carbonyl (C=O) groups is 5. The van der Waals surface area contributed by atoms with Crippen LogP contribution in [-0.2, 0) is 33.4 Å². The summed E-state index contributed by atoms with van der Waals surface area (Å²) in [4.78, 5) is 56.8. The Balaban J connectivity index is 0.000000404. The molecule has 58 heavy (non-hydrogen) atoms. The lowest BCUT2D eigenvalue weighted by atomic mass is 10.2. The van der Waals surface area contributed by atoms with Crippen LogP contribution in [0, 0.1) is 6.92 Å². The van der Waals surface area contributed by atoms with E-state index in [2.05, 4.69) is 20.1 Å². The van der Waals surface area contributed by atoms with Crippen molar-refractivity contribution in [3.63, 3.8) is 0 Å². The molecule has 0 bridgehead atoms. The van der Waals surface area contributed by atoms with Gasteiger partial charge in [0.1, 0.15) is 23.0 Å². The van der Waals surface area contributed by atoms with Crippen molar-refractivity contribution >= 4 is 29.8 Å². The molecule has 0 aliphatic rings. The second kappa shape index (κ2) is 29.3. The molecule has 0 amide bonds. The molecule has 0 saturated heterocycles. The number of carbonyl (C=O) groups excluding carboxylic acids is 5. The van der Waals surface area contributed by atoms with Crippen LogP contribution in [0.3, 0.4) is 0 Å². The number of aryl methyl sites for hydroxylation is 1. The van der Waals surface area contributed by atoms with Crippen molar-refractivity contribution in [1.82, 2.24) is 0 Å². The third kappa shape index (κ3) is 23.2. The molecule has 12 nitrogen and oxygen atoms in total. The molecule has 3 rings (SSSR count). The highest BCUT2D eigenvalue weighted by Crippen LogP contribution is 2.20. The van der Waals surface area contributed by atoms with E-state index in [9.17, 15) is 24.0 Å². The molecule has 12 heteroatoms. The van der Waals surface area contributed by atoms with Crippen molar-refractivity contribution in [3.8, 4) is 23.0 Å². The largest absolute Gasteiger partial charge is 0.494 e. The van der Waals surface area contributed by atoms with Crippen LogP contribution < -0.4 is 18.9 Å². The zero-order valence-corrected chi connectivity index (χ0v) is 34.1. The summed E-state index contributed by atoms with van der Waals surface area (Å²) in [5.41, 5.74) is 2.00. The minimum atomic E-state index is -0.496. The monoisotopic (exact) mass is 802 g/mol. The summed E-state index contributed by atoms with van der Waals surface area (Å²) in [7, 11) is 0. The van der Waals surface area contributed by atoms with Gasteiger partial charge >= 0.3 is 29.8 Å². The molecule has 314 valence electrons. The fraction of sp³-hybridized carbons (Fsp3) is 0.413. The third-order valence-electron chi connectivity index (χ3n) is 8.05. The second-order valence-corrected chi connectivity index (χ2v) is 13.3. The van der Waals surface area contributed by atoms with Gasteiger partial charge in [-0.1, -0.05) is 30.9 Å². The molecular weight excluding hydrogens is 744 g/mol. The Morgan fingerprint density at radius 3 is 1.50 bits per heavy atom. The molecule has 0 heterocycles. The van der Waals surface area contributed by atoms with Crippen molar-refractivity contribution in [3.05, 3.63) is 109 Å². The molecular formula is C46H58O12. The van der Waals surface area contributed by atoms with E-state index in [1.165, 1.54) is 12.5 Å². The normalized spacial score (nSPS) is 10.2. The summed E-state index contributed by atoms with van der Waals surface area (Å²) in [6, 6.07) is 21.0. The van der Waals surface area contributed by atoms with Gasteiger partial charge < -0.3 is 33.2 Å². The highest BCUT2D eigenvalue weighted by molar-refractivity contribution is 5.91. The first-order valence-electron chi connectivity index (χ1n) is 19.7. The number of hydrogen-bond acceptors (Lipinski definition) is 12. The number of benzene rings is 3. The Labute approximate surface area is 342 Å². The van der Waals surface area contributed by atoms with Crippen molar-refractivity contribution in [1.29, 1.82) is 0 Å². The lowest BCUT2D eigenvalue weighted by Gasteiger charge is -2.08. The van der Waals surface area contributed by atoms with E-state index in [1.54, 1.807) is 55.5 Å². The van der Waals surface area contributed by atoms with E-state index in [-0.39, 0.29) is 11.9 Å². The second-order valence-electron chi connectivity index (χ2n) is 13.3. The number of unbranched alkanes of at least 4 members (excludes halogenated alkanes) is 7. The molecule has 0 aliphatic carbocycles. The van der Waals surface area contributed by atoms with E-state index >= 15 is 0 Å². The predicted octanol–water partition coefficient (Wildman–Crippen LogP) is 9.27. The summed E-state index contributed by atoms with van der Waals surface area (Å²) in [5, 5.41) is 0. The number of ether oxygens (including phenoxy) is 7. The van der Waals surface area contributed by atoms with Crippen molar-refractivity contribution in [2.45, 2.75) is 91.4 Å². The lowest BCUT2D eigenvalue weighted by Crippen LogP contribution is -2.08. The summed E-state index contributed by atoms with van der Waals surface area (Å²) < 4.78 is 36.7. The Hall–Kier alpha value is -5.91. The van der Waals surface area contributed by atoms with Crippen LogP contribution >= 0.6 is 0 Å². The Morgan fingerprint density at radius 1 is 0.534 bits per heavy atom. The Morgan fingerprint density at radius 2 is 0.983 bits per heavy atom. The SMILES string of the molecule is C=C(C)C(=O)OCCCCC(=O)OCCCCCCOc1ccc(C)cc1.C=CC(=O)OCCCCCCOc1ccc(C(=O)Oc2ccc(OC(C)=O)cc2)cc1. The molecule has 3 aromatic carbocycles. The van der Waals surface area contributed by atoms with E-state index in [4.69, 9.17) is 33.2 Å². The smallest absolute Gasteiger partial charge is 0.343 e. The first-order chi connectivity index (χ1) is 28.0. The summed E-state index contributed by atoms with van der Waals surface area (Å²) >= 11 is 0. The fourth-order valence-corrected chi connectivity index (χ4v) is 4.87. The van der Waals surface area contributed by atoms with Crippen LogP contribution in [0.1, 0.15) is 100 Å². The molecule has 3 aromatic rings. The average molecular weight is 803 g/mol. The Kier molecular flexibility index (Phi) is 24.4. The lowest BCUT2D eigenvalue weighted by molar-refractivity contribution is -0.144. The number of rotatable bonds is 26. The zero-order valence-electron chi connectivity index (χ0n) is 34.1. The van der Waals surface area contributed by atoms with Crippen LogP contribution in [0.25, 0.3) is 0 Å². The van der Waals surface area contributed by atoms with Gasteiger partial charge in [-0.2, -0.15) is 0 Å². The maximum absolute atomic E-state index is 12.2. The first kappa shape index (κ1) is 48.2. The van der Waals surface area contributed by atoms with Gasteiger partial charge in [0.05, 0.1) is 38.6 Å².